The van der Waals surface area contributed by atoms with Crippen LogP contribution in [-0.2, 0) is 0 Å². The molecule has 0 unspecified atom stereocenters. The smallest absolute Gasteiger partial charge is 0.265 e. The van der Waals surface area contributed by atoms with E-state index in [9.17, 15) is 9.59 Å². The van der Waals surface area contributed by atoms with Crippen LogP contribution in [0.25, 0.3) is 22.2 Å². The van der Waals surface area contributed by atoms with Crippen LogP contribution in [0, 0.1) is 11.8 Å². The van der Waals surface area contributed by atoms with E-state index in [1.54, 1.807) is 43.7 Å². The van der Waals surface area contributed by atoms with E-state index in [4.69, 9.17) is 5.84 Å². The third-order valence-electron chi connectivity index (χ3n) is 4.89. The van der Waals surface area contributed by atoms with Gasteiger partial charge in [0.2, 0.25) is 0 Å². The van der Waals surface area contributed by atoms with Crippen molar-refractivity contribution in [3.05, 3.63) is 95.3 Å². The van der Waals surface area contributed by atoms with Gasteiger partial charge in [-0.15, -0.1) is 0 Å². The standard InChI is InChI=1S/C25H19N5O2/c1-27-24(31)19-10-6-17(7-11-19)3-2-16-4-8-18(9-5-16)23-14-20(25(32)30-26)21-15-28-13-12-22(21)29-23/h4-15H,26H2,1H3,(H,27,31)(H,30,32). The molecule has 0 atom stereocenters. The first kappa shape index (κ1) is 20.7. The first-order chi connectivity index (χ1) is 15.6. The topological polar surface area (TPSA) is 110 Å². The van der Waals surface area contributed by atoms with Crippen molar-refractivity contribution < 1.29 is 9.59 Å². The van der Waals surface area contributed by atoms with Crippen LogP contribution in [0.15, 0.2) is 73.1 Å². The molecule has 4 aromatic rings. The number of carbonyl (C=O) groups excluding carboxylic acids is 2. The fourth-order valence-electron chi connectivity index (χ4n) is 3.20. The SMILES string of the molecule is CNC(=O)c1ccc(C#Cc2ccc(-c3cc(C(=O)NN)c4cnccc4n3)cc2)cc1. The molecular formula is C25H19N5O2. The number of carbonyl (C=O) groups is 2. The predicted molar refractivity (Wildman–Crippen MR) is 122 cm³/mol. The lowest BCUT2D eigenvalue weighted by Gasteiger charge is -2.08. The molecule has 7 nitrogen and oxygen atoms in total. The third kappa shape index (κ3) is 4.31. The largest absolute Gasteiger partial charge is 0.355 e. The fraction of sp³-hybridized carbons (Fsp3) is 0.0400. The summed E-state index contributed by atoms with van der Waals surface area (Å²) in [6, 6.07) is 18.1. The van der Waals surface area contributed by atoms with Gasteiger partial charge in [0.05, 0.1) is 16.8 Å². The molecular weight excluding hydrogens is 402 g/mol. The number of rotatable bonds is 3. The lowest BCUT2D eigenvalue weighted by atomic mass is 10.0. The highest BCUT2D eigenvalue weighted by atomic mass is 16.2. The van der Waals surface area contributed by atoms with Crippen LogP contribution >= 0.6 is 0 Å². The van der Waals surface area contributed by atoms with Crippen LogP contribution in [0.5, 0.6) is 0 Å². The van der Waals surface area contributed by atoms with Crippen molar-refractivity contribution >= 4 is 22.7 Å². The van der Waals surface area contributed by atoms with Crippen molar-refractivity contribution in [3.8, 4) is 23.1 Å². The van der Waals surface area contributed by atoms with Gasteiger partial charge >= 0.3 is 0 Å². The Morgan fingerprint density at radius 1 is 0.906 bits per heavy atom. The van der Waals surface area contributed by atoms with Gasteiger partial charge in [-0.2, -0.15) is 0 Å². The summed E-state index contributed by atoms with van der Waals surface area (Å²) in [5, 5.41) is 3.22. The van der Waals surface area contributed by atoms with Gasteiger partial charge in [-0.3, -0.25) is 20.0 Å². The van der Waals surface area contributed by atoms with Gasteiger partial charge in [-0.1, -0.05) is 24.0 Å². The minimum absolute atomic E-state index is 0.134. The summed E-state index contributed by atoms with van der Waals surface area (Å²) in [4.78, 5) is 32.6. The summed E-state index contributed by atoms with van der Waals surface area (Å²) in [5.41, 5.74) is 6.94. The molecule has 0 aliphatic rings. The molecule has 32 heavy (non-hydrogen) atoms. The number of nitrogens with one attached hydrogen (secondary N) is 2. The Kier molecular flexibility index (Phi) is 5.88. The average Bonchev–Trinajstić information content (AvgIpc) is 2.86. The van der Waals surface area contributed by atoms with Crippen molar-refractivity contribution in [1.82, 2.24) is 20.7 Å². The molecule has 0 radical (unpaired) electrons. The highest BCUT2D eigenvalue weighted by Crippen LogP contribution is 2.24. The van der Waals surface area contributed by atoms with E-state index in [0.717, 1.165) is 16.7 Å². The molecule has 0 spiro atoms. The number of nitrogens with two attached hydrogens (primary N) is 1. The number of fused-ring (bicyclic) bond motifs is 1. The number of aromatic nitrogens is 2. The summed E-state index contributed by atoms with van der Waals surface area (Å²) in [6.07, 6.45) is 3.22. The maximum atomic E-state index is 12.2. The number of hydrogen-bond donors (Lipinski definition) is 3. The van der Waals surface area contributed by atoms with Crippen LogP contribution in [-0.4, -0.2) is 28.8 Å². The van der Waals surface area contributed by atoms with Crippen molar-refractivity contribution in [1.29, 1.82) is 0 Å². The molecule has 0 fully saturated rings. The van der Waals surface area contributed by atoms with Gasteiger partial charge < -0.3 is 5.32 Å². The zero-order valence-corrected chi connectivity index (χ0v) is 17.2. The lowest BCUT2D eigenvalue weighted by molar-refractivity contribution is 0.0950. The Balaban J connectivity index is 1.61. The van der Waals surface area contributed by atoms with E-state index < -0.39 is 5.91 Å². The zero-order chi connectivity index (χ0) is 22.5. The molecule has 0 saturated carbocycles. The molecule has 0 aliphatic carbocycles. The van der Waals surface area contributed by atoms with E-state index in [2.05, 4.69) is 32.6 Å². The molecule has 2 amide bonds. The van der Waals surface area contributed by atoms with E-state index in [-0.39, 0.29) is 5.91 Å². The molecule has 2 heterocycles. The highest BCUT2D eigenvalue weighted by Gasteiger charge is 2.13. The highest BCUT2D eigenvalue weighted by molar-refractivity contribution is 6.06. The quantitative estimate of drug-likeness (QED) is 0.204. The molecule has 2 aromatic heterocycles. The Morgan fingerprint density at radius 3 is 2.19 bits per heavy atom. The van der Waals surface area contributed by atoms with Crippen molar-refractivity contribution in [2.24, 2.45) is 5.84 Å². The summed E-state index contributed by atoms with van der Waals surface area (Å²) >= 11 is 0. The van der Waals surface area contributed by atoms with Crippen molar-refractivity contribution in [2.75, 3.05) is 7.05 Å². The molecule has 2 aromatic carbocycles. The Hall–Kier alpha value is -4.54. The van der Waals surface area contributed by atoms with Crippen LogP contribution < -0.4 is 16.6 Å². The monoisotopic (exact) mass is 421 g/mol. The van der Waals surface area contributed by atoms with Crippen molar-refractivity contribution in [2.45, 2.75) is 0 Å². The minimum Gasteiger partial charge on any atom is -0.355 e. The fourth-order valence-corrected chi connectivity index (χ4v) is 3.20. The maximum Gasteiger partial charge on any atom is 0.265 e. The number of amides is 2. The number of benzene rings is 2. The first-order valence-electron chi connectivity index (χ1n) is 9.79. The van der Waals surface area contributed by atoms with Crippen LogP contribution in [0.3, 0.4) is 0 Å². The van der Waals surface area contributed by atoms with Gasteiger partial charge in [-0.25, -0.2) is 10.8 Å². The lowest BCUT2D eigenvalue weighted by Crippen LogP contribution is -2.30. The second-order valence-electron chi connectivity index (χ2n) is 6.91. The second-order valence-corrected chi connectivity index (χ2v) is 6.91. The van der Waals surface area contributed by atoms with Crippen LogP contribution in [0.2, 0.25) is 0 Å². The predicted octanol–water partition coefficient (Wildman–Crippen LogP) is 2.66. The summed E-state index contributed by atoms with van der Waals surface area (Å²) < 4.78 is 0. The molecule has 156 valence electrons. The zero-order valence-electron chi connectivity index (χ0n) is 17.2. The second kappa shape index (κ2) is 9.08. The Bertz CT molecular complexity index is 1370. The average molecular weight is 421 g/mol. The molecule has 7 heteroatoms. The molecule has 4 rings (SSSR count). The molecule has 0 bridgehead atoms. The van der Waals surface area contributed by atoms with Crippen LogP contribution in [0.4, 0.5) is 0 Å². The number of hydrazine groups is 1. The normalized spacial score (nSPS) is 10.2. The van der Waals surface area contributed by atoms with Gasteiger partial charge in [0.1, 0.15) is 0 Å². The molecule has 4 N–H and O–H groups in total. The maximum absolute atomic E-state index is 12.2. The van der Waals surface area contributed by atoms with Gasteiger partial charge in [0.25, 0.3) is 11.8 Å². The molecule has 0 saturated heterocycles. The minimum atomic E-state index is -0.406. The first-order valence-corrected chi connectivity index (χ1v) is 9.79. The van der Waals surface area contributed by atoms with E-state index in [1.807, 2.05) is 36.4 Å². The van der Waals surface area contributed by atoms with Gasteiger partial charge in [-0.05, 0) is 48.5 Å². The van der Waals surface area contributed by atoms with Gasteiger partial charge in [0, 0.05) is 47.1 Å². The number of nitrogens with zero attached hydrogens (tertiary/aromatic N) is 2. The Labute approximate surface area is 184 Å². The summed E-state index contributed by atoms with van der Waals surface area (Å²) in [7, 11) is 1.60. The molecule has 0 aliphatic heterocycles. The van der Waals surface area contributed by atoms with Crippen molar-refractivity contribution in [3.63, 3.8) is 0 Å². The number of nitrogen functional groups attached to an aromatic ring is 1. The van der Waals surface area contributed by atoms with Crippen LogP contribution in [0.1, 0.15) is 31.8 Å². The number of hydrogen-bond acceptors (Lipinski definition) is 5. The van der Waals surface area contributed by atoms with Gasteiger partial charge in [0.15, 0.2) is 0 Å². The van der Waals surface area contributed by atoms with E-state index in [0.29, 0.717) is 27.7 Å². The summed E-state index contributed by atoms with van der Waals surface area (Å²) in [6.45, 7) is 0. The van der Waals surface area contributed by atoms with E-state index in [1.165, 1.54) is 0 Å². The Morgan fingerprint density at radius 2 is 1.56 bits per heavy atom. The summed E-state index contributed by atoms with van der Waals surface area (Å²) in [5.74, 6) is 11.0. The number of pyridine rings is 2. The van der Waals surface area contributed by atoms with E-state index >= 15 is 0 Å². The third-order valence-corrected chi connectivity index (χ3v) is 4.89.